The fourth-order valence-corrected chi connectivity index (χ4v) is 1.57. The fraction of sp³-hybridized carbons (Fsp3) is 0.231. The predicted molar refractivity (Wildman–Crippen MR) is 71.7 cm³/mol. The van der Waals surface area contributed by atoms with Gasteiger partial charge in [-0.25, -0.2) is 15.4 Å². The van der Waals surface area contributed by atoms with Crippen LogP contribution >= 0.6 is 0 Å². The molecule has 0 spiro atoms. The van der Waals surface area contributed by atoms with Crippen LogP contribution in [0.4, 0.5) is 5.95 Å². The van der Waals surface area contributed by atoms with Gasteiger partial charge in [0.2, 0.25) is 5.95 Å². The second-order valence-corrected chi connectivity index (χ2v) is 4.05. The van der Waals surface area contributed by atoms with E-state index < -0.39 is 0 Å². The maximum Gasteiger partial charge on any atom is 0.243 e. The first-order chi connectivity index (χ1) is 8.63. The third kappa shape index (κ3) is 3.35. The van der Waals surface area contributed by atoms with Gasteiger partial charge in [-0.1, -0.05) is 6.07 Å². The van der Waals surface area contributed by atoms with E-state index in [1.807, 2.05) is 45.0 Å². The van der Waals surface area contributed by atoms with E-state index in [1.165, 1.54) is 0 Å². The highest BCUT2D eigenvalue weighted by molar-refractivity contribution is 5.77. The third-order valence-electron chi connectivity index (χ3n) is 2.25. The van der Waals surface area contributed by atoms with E-state index in [4.69, 9.17) is 0 Å². The van der Waals surface area contributed by atoms with Crippen molar-refractivity contribution in [2.24, 2.45) is 5.10 Å². The number of rotatable bonds is 3. The molecule has 5 nitrogen and oxygen atoms in total. The average Bonchev–Trinajstić information content (AvgIpc) is 2.27. The second kappa shape index (κ2) is 5.35. The molecular weight excluding hydrogens is 226 g/mol. The van der Waals surface area contributed by atoms with Crippen molar-refractivity contribution in [2.45, 2.75) is 20.8 Å². The molecule has 0 saturated heterocycles. The second-order valence-electron chi connectivity index (χ2n) is 4.05. The van der Waals surface area contributed by atoms with E-state index in [2.05, 4.69) is 25.5 Å². The molecule has 5 heteroatoms. The van der Waals surface area contributed by atoms with Crippen molar-refractivity contribution >= 4 is 12.2 Å². The number of anilines is 1. The molecule has 92 valence electrons. The summed E-state index contributed by atoms with van der Waals surface area (Å²) in [6, 6.07) is 7.69. The van der Waals surface area contributed by atoms with Gasteiger partial charge < -0.3 is 0 Å². The van der Waals surface area contributed by atoms with Crippen LogP contribution in [0.15, 0.2) is 29.4 Å². The molecule has 0 saturated carbocycles. The number of pyridine rings is 1. The van der Waals surface area contributed by atoms with E-state index in [9.17, 15) is 0 Å². The highest BCUT2D eigenvalue weighted by Gasteiger charge is 1.97. The van der Waals surface area contributed by atoms with E-state index in [0.717, 1.165) is 22.8 Å². The molecule has 0 aliphatic heterocycles. The smallest absolute Gasteiger partial charge is 0.243 e. The molecule has 0 radical (unpaired) electrons. The summed E-state index contributed by atoms with van der Waals surface area (Å²) in [6.07, 6.45) is 1.65. The summed E-state index contributed by atoms with van der Waals surface area (Å²) in [7, 11) is 0. The molecule has 1 N–H and O–H groups in total. The van der Waals surface area contributed by atoms with E-state index in [0.29, 0.717) is 5.95 Å². The lowest BCUT2D eigenvalue weighted by molar-refractivity contribution is 1.03. The van der Waals surface area contributed by atoms with Crippen molar-refractivity contribution in [1.82, 2.24) is 15.0 Å². The molecule has 0 bridgehead atoms. The summed E-state index contributed by atoms with van der Waals surface area (Å²) in [5.74, 6) is 0.497. The van der Waals surface area contributed by atoms with Gasteiger partial charge in [-0.05, 0) is 39.0 Å². The van der Waals surface area contributed by atoms with Gasteiger partial charge in [-0.2, -0.15) is 5.10 Å². The van der Waals surface area contributed by atoms with Crippen molar-refractivity contribution < 1.29 is 0 Å². The zero-order chi connectivity index (χ0) is 13.0. The summed E-state index contributed by atoms with van der Waals surface area (Å²) in [6.45, 7) is 5.79. The number of nitrogens with zero attached hydrogens (tertiary/aromatic N) is 4. The van der Waals surface area contributed by atoms with Crippen LogP contribution in [-0.4, -0.2) is 21.2 Å². The molecule has 18 heavy (non-hydrogen) atoms. The molecule has 2 aromatic rings. The van der Waals surface area contributed by atoms with Crippen LogP contribution in [0, 0.1) is 20.8 Å². The summed E-state index contributed by atoms with van der Waals surface area (Å²) in [4.78, 5) is 12.8. The highest BCUT2D eigenvalue weighted by atomic mass is 15.3. The average molecular weight is 241 g/mol. The Morgan fingerprint density at radius 1 is 1.00 bits per heavy atom. The molecule has 0 unspecified atom stereocenters. The minimum absolute atomic E-state index is 0.497. The predicted octanol–water partition coefficient (Wildman–Crippen LogP) is 2.24. The summed E-state index contributed by atoms with van der Waals surface area (Å²) < 4.78 is 0. The van der Waals surface area contributed by atoms with Crippen LogP contribution in [0.3, 0.4) is 0 Å². The van der Waals surface area contributed by atoms with Gasteiger partial charge in [-0.15, -0.1) is 0 Å². The number of nitrogens with one attached hydrogen (secondary N) is 1. The summed E-state index contributed by atoms with van der Waals surface area (Å²) >= 11 is 0. The van der Waals surface area contributed by atoms with Crippen molar-refractivity contribution in [2.75, 3.05) is 5.43 Å². The Hall–Kier alpha value is -2.30. The lowest BCUT2D eigenvalue weighted by Crippen LogP contribution is -2.00. The van der Waals surface area contributed by atoms with Crippen LogP contribution in [0.2, 0.25) is 0 Å². The van der Waals surface area contributed by atoms with Crippen molar-refractivity contribution in [1.29, 1.82) is 0 Å². The van der Waals surface area contributed by atoms with Crippen LogP contribution in [0.5, 0.6) is 0 Å². The topological polar surface area (TPSA) is 63.1 Å². The van der Waals surface area contributed by atoms with Crippen LogP contribution in [-0.2, 0) is 0 Å². The van der Waals surface area contributed by atoms with Crippen molar-refractivity contribution in [3.8, 4) is 0 Å². The maximum absolute atomic E-state index is 4.31. The number of hydrogen-bond acceptors (Lipinski definition) is 5. The zero-order valence-corrected chi connectivity index (χ0v) is 10.7. The number of hydrogen-bond donors (Lipinski definition) is 1. The lowest BCUT2D eigenvalue weighted by atomic mass is 10.3. The quantitative estimate of drug-likeness (QED) is 0.661. The first-order valence-electron chi connectivity index (χ1n) is 5.68. The number of aromatic nitrogens is 3. The lowest BCUT2D eigenvalue weighted by Gasteiger charge is -2.01. The Balaban J connectivity index is 2.07. The van der Waals surface area contributed by atoms with Gasteiger partial charge in [0.25, 0.3) is 0 Å². The van der Waals surface area contributed by atoms with Gasteiger partial charge in [0, 0.05) is 17.1 Å². The molecule has 0 aliphatic carbocycles. The van der Waals surface area contributed by atoms with E-state index >= 15 is 0 Å². The molecule has 0 amide bonds. The third-order valence-corrected chi connectivity index (χ3v) is 2.25. The Morgan fingerprint density at radius 2 is 1.72 bits per heavy atom. The van der Waals surface area contributed by atoms with Gasteiger partial charge in [0.1, 0.15) is 0 Å². The molecule has 0 aliphatic rings. The summed E-state index contributed by atoms with van der Waals surface area (Å²) in [5, 5.41) is 4.07. The fourth-order valence-electron chi connectivity index (χ4n) is 1.57. The molecule has 0 fully saturated rings. The van der Waals surface area contributed by atoms with Crippen molar-refractivity contribution in [3.05, 3.63) is 47.0 Å². The molecule has 2 aromatic heterocycles. The standard InChI is InChI=1S/C13H15N5/c1-9-5-4-6-12(15-9)8-14-18-13-16-10(2)7-11(3)17-13/h4-8H,1-3H3,(H,16,17,18). The Kier molecular flexibility index (Phi) is 3.62. The number of aryl methyl sites for hydroxylation is 3. The van der Waals surface area contributed by atoms with Crippen LogP contribution < -0.4 is 5.43 Å². The molecular formula is C13H15N5. The molecule has 0 atom stereocenters. The Morgan fingerprint density at radius 3 is 2.39 bits per heavy atom. The van der Waals surface area contributed by atoms with Gasteiger partial charge >= 0.3 is 0 Å². The van der Waals surface area contributed by atoms with Crippen LogP contribution in [0.25, 0.3) is 0 Å². The Bertz CT molecular complexity index is 557. The highest BCUT2D eigenvalue weighted by Crippen LogP contribution is 2.03. The molecule has 0 aromatic carbocycles. The van der Waals surface area contributed by atoms with Gasteiger partial charge in [0.05, 0.1) is 11.9 Å². The van der Waals surface area contributed by atoms with Crippen molar-refractivity contribution in [3.63, 3.8) is 0 Å². The monoisotopic (exact) mass is 241 g/mol. The number of hydrazone groups is 1. The maximum atomic E-state index is 4.31. The first kappa shape index (κ1) is 12.2. The minimum Gasteiger partial charge on any atom is -0.252 e. The first-order valence-corrected chi connectivity index (χ1v) is 5.68. The largest absolute Gasteiger partial charge is 0.252 e. The minimum atomic E-state index is 0.497. The normalized spacial score (nSPS) is 10.8. The SMILES string of the molecule is Cc1cccc(C=NNc2nc(C)cc(C)n2)n1. The van der Waals surface area contributed by atoms with Crippen LogP contribution in [0.1, 0.15) is 22.8 Å². The van der Waals surface area contributed by atoms with E-state index in [1.54, 1.807) is 6.21 Å². The Labute approximate surface area is 106 Å². The van der Waals surface area contributed by atoms with Gasteiger partial charge in [0.15, 0.2) is 0 Å². The van der Waals surface area contributed by atoms with E-state index in [-0.39, 0.29) is 0 Å². The molecule has 2 rings (SSSR count). The molecule has 2 heterocycles. The summed E-state index contributed by atoms with van der Waals surface area (Å²) in [5.41, 5.74) is 6.38. The zero-order valence-electron chi connectivity index (χ0n) is 10.7. The van der Waals surface area contributed by atoms with Gasteiger partial charge in [-0.3, -0.25) is 4.98 Å².